The van der Waals surface area contributed by atoms with E-state index in [9.17, 15) is 22.0 Å². The Balaban J connectivity index is 1.24. The van der Waals surface area contributed by atoms with Crippen molar-refractivity contribution >= 4 is 21.7 Å². The Labute approximate surface area is 248 Å². The van der Waals surface area contributed by atoms with Crippen molar-refractivity contribution in [3.8, 4) is 17.0 Å². The van der Waals surface area contributed by atoms with E-state index in [0.29, 0.717) is 11.6 Å². The zero-order valence-corrected chi connectivity index (χ0v) is 24.7. The molecule has 3 aliphatic rings. The summed E-state index contributed by atoms with van der Waals surface area (Å²) in [5.41, 5.74) is 5.12. The quantitative estimate of drug-likeness (QED) is 0.371. The number of aromatic nitrogens is 3. The molecule has 1 aliphatic heterocycles. The molecule has 0 saturated heterocycles. The van der Waals surface area contributed by atoms with E-state index in [1.54, 1.807) is 6.20 Å². The van der Waals surface area contributed by atoms with Gasteiger partial charge in [0.15, 0.2) is 5.03 Å². The number of carbonyl (C=O) groups excluding carboxylic acids is 1. The second-order valence-corrected chi connectivity index (χ2v) is 12.9. The third-order valence-corrected chi connectivity index (χ3v) is 9.38. The lowest BCUT2D eigenvalue weighted by Crippen LogP contribution is -2.35. The van der Waals surface area contributed by atoms with Crippen molar-refractivity contribution in [1.29, 1.82) is 0 Å². The molecule has 2 aromatic heterocycles. The molecule has 0 bridgehead atoms. The highest BCUT2D eigenvalue weighted by molar-refractivity contribution is 7.90. The van der Waals surface area contributed by atoms with Crippen LogP contribution in [0.2, 0.25) is 0 Å². The Kier molecular flexibility index (Phi) is 7.77. The minimum Gasteiger partial charge on any atom is -0.444 e. The third kappa shape index (κ3) is 6.04. The third-order valence-electron chi connectivity index (χ3n) is 8.16. The zero-order valence-electron chi connectivity index (χ0n) is 23.9. The summed E-state index contributed by atoms with van der Waals surface area (Å²) in [4.78, 5) is 19.8. The number of hydrogen-bond acceptors (Lipinski definition) is 7. The number of likely N-dealkylation sites (N-methyl/N-ethyl adjacent to an activating group) is 1. The van der Waals surface area contributed by atoms with E-state index in [1.807, 2.05) is 32.2 Å². The average molecular weight is 611 g/mol. The maximum atomic E-state index is 13.2. The number of nitrogens with zero attached hydrogens (tertiary/aromatic N) is 4. The van der Waals surface area contributed by atoms with E-state index < -0.39 is 22.1 Å². The van der Waals surface area contributed by atoms with Crippen molar-refractivity contribution < 1.29 is 26.7 Å². The van der Waals surface area contributed by atoms with Gasteiger partial charge in [-0.1, -0.05) is 6.07 Å². The molecule has 2 amide bonds. The number of benzene rings is 1. The average Bonchev–Trinajstić information content (AvgIpc) is 3.59. The first-order valence-electron chi connectivity index (χ1n) is 14.2. The number of rotatable bonds is 7. The van der Waals surface area contributed by atoms with E-state index >= 15 is 0 Å². The standard InChI is InChI=1S/C30H32F2N6O4S/c1-18-14-19-4-3-5-24(19)28(27(18)20-6-10-33-25(17-20)42-23-7-11-37(2)12-8-23)34-30(39)36-43(40,41)26-9-13-38(35-26)22-15-21(16-22)29(31)32/h6-7,9-10,13-14,17,22H,3-5,8,11-12,15-16H2,1-2H3,(H2,34,36,39). The molecular formula is C30H32F2N6O4S. The van der Waals surface area contributed by atoms with Gasteiger partial charge >= 0.3 is 6.03 Å². The molecule has 1 aromatic carbocycles. The van der Waals surface area contributed by atoms with E-state index in [-0.39, 0.29) is 29.5 Å². The summed E-state index contributed by atoms with van der Waals surface area (Å²) in [6.45, 7) is 3.64. The van der Waals surface area contributed by atoms with Crippen molar-refractivity contribution in [2.24, 2.45) is 0 Å². The van der Waals surface area contributed by atoms with Crippen LogP contribution in [0.5, 0.6) is 5.88 Å². The molecule has 1 saturated carbocycles. The van der Waals surface area contributed by atoms with Gasteiger partial charge in [0.25, 0.3) is 16.1 Å². The number of ether oxygens (including phenoxy) is 1. The lowest BCUT2D eigenvalue weighted by Gasteiger charge is -2.28. The number of pyridine rings is 1. The van der Waals surface area contributed by atoms with Crippen LogP contribution >= 0.6 is 0 Å². The number of allylic oxidation sites excluding steroid dienone is 1. The van der Waals surface area contributed by atoms with Gasteiger partial charge in [0.1, 0.15) is 5.76 Å². The van der Waals surface area contributed by atoms with Crippen LogP contribution in [-0.2, 0) is 22.9 Å². The zero-order chi connectivity index (χ0) is 30.3. The second kappa shape index (κ2) is 11.5. The number of fused-ring (bicyclic) bond motifs is 1. The van der Waals surface area contributed by atoms with Crippen LogP contribution in [0.3, 0.4) is 0 Å². The van der Waals surface area contributed by atoms with Crippen molar-refractivity contribution in [2.45, 2.75) is 56.5 Å². The van der Waals surface area contributed by atoms with Gasteiger partial charge in [0, 0.05) is 43.5 Å². The predicted octanol–water partition coefficient (Wildman–Crippen LogP) is 5.34. The Morgan fingerprint density at radius 2 is 1.95 bits per heavy atom. The molecule has 0 radical (unpaired) electrons. The van der Waals surface area contributed by atoms with E-state index in [4.69, 9.17) is 4.74 Å². The molecule has 3 aromatic rings. The lowest BCUT2D eigenvalue weighted by molar-refractivity contribution is 0.256. The molecule has 0 unspecified atom stereocenters. The van der Waals surface area contributed by atoms with Crippen molar-refractivity contribution in [1.82, 2.24) is 24.4 Å². The highest BCUT2D eigenvalue weighted by Crippen LogP contribution is 2.41. The van der Waals surface area contributed by atoms with Gasteiger partial charge in [-0.3, -0.25) is 4.68 Å². The number of halogens is 2. The van der Waals surface area contributed by atoms with Gasteiger partial charge in [0.2, 0.25) is 5.88 Å². The van der Waals surface area contributed by atoms with Gasteiger partial charge in [-0.15, -0.1) is 0 Å². The predicted molar refractivity (Wildman–Crippen MR) is 156 cm³/mol. The first-order valence-corrected chi connectivity index (χ1v) is 15.6. The molecule has 10 nitrogen and oxygen atoms in total. The van der Waals surface area contributed by atoms with Crippen molar-refractivity contribution in [2.75, 3.05) is 25.5 Å². The van der Waals surface area contributed by atoms with Crippen LogP contribution in [0.1, 0.15) is 48.4 Å². The maximum absolute atomic E-state index is 13.2. The number of aryl methyl sites for hydroxylation is 2. The van der Waals surface area contributed by atoms with Gasteiger partial charge in [0.05, 0.1) is 11.7 Å². The van der Waals surface area contributed by atoms with E-state index in [2.05, 4.69) is 31.1 Å². The summed E-state index contributed by atoms with van der Waals surface area (Å²) < 4.78 is 61.1. The highest BCUT2D eigenvalue weighted by atomic mass is 32.2. The summed E-state index contributed by atoms with van der Waals surface area (Å²) in [7, 11) is -2.28. The minimum atomic E-state index is -4.33. The fraction of sp³-hybridized carbons (Fsp3) is 0.367. The molecule has 43 heavy (non-hydrogen) atoms. The van der Waals surface area contributed by atoms with Crippen LogP contribution in [0.15, 0.2) is 65.2 Å². The summed E-state index contributed by atoms with van der Waals surface area (Å²) in [5, 5.41) is 6.50. The maximum Gasteiger partial charge on any atom is 0.333 e. The summed E-state index contributed by atoms with van der Waals surface area (Å²) in [6, 6.07) is 5.74. The van der Waals surface area contributed by atoms with Crippen LogP contribution in [0.25, 0.3) is 11.1 Å². The van der Waals surface area contributed by atoms with Gasteiger partial charge in [-0.25, -0.2) is 14.5 Å². The van der Waals surface area contributed by atoms with Crippen LogP contribution in [-0.4, -0.2) is 54.3 Å². The Hall–Kier alpha value is -4.10. The molecule has 2 N–H and O–H groups in total. The first kappa shape index (κ1) is 29.0. The molecule has 1 fully saturated rings. The van der Waals surface area contributed by atoms with Gasteiger partial charge < -0.3 is 15.0 Å². The molecule has 6 rings (SSSR count). The lowest BCUT2D eigenvalue weighted by atomic mass is 9.87. The Morgan fingerprint density at radius 3 is 2.70 bits per heavy atom. The van der Waals surface area contributed by atoms with Gasteiger partial charge in [-0.2, -0.15) is 22.3 Å². The fourth-order valence-corrected chi connectivity index (χ4v) is 6.68. The second-order valence-electron chi connectivity index (χ2n) is 11.2. The number of hydrogen-bond donors (Lipinski definition) is 2. The number of anilines is 1. The first-order chi connectivity index (χ1) is 20.6. The minimum absolute atomic E-state index is 0.0377. The SMILES string of the molecule is Cc1cc2c(c(NC(=O)NS(=O)(=O)c3ccn(C4CC(=C(F)F)C4)n3)c1-c1ccnc(OC3=CCN(C)CC3)c1)CCC2. The van der Waals surface area contributed by atoms with Gasteiger partial charge in [-0.05, 0) is 92.1 Å². The van der Waals surface area contributed by atoms with Crippen LogP contribution in [0.4, 0.5) is 19.3 Å². The normalized spacial score (nSPS) is 18.5. The summed E-state index contributed by atoms with van der Waals surface area (Å²) in [5.74, 6) is 1.28. The Morgan fingerprint density at radius 1 is 1.14 bits per heavy atom. The number of nitrogens with one attached hydrogen (secondary N) is 2. The van der Waals surface area contributed by atoms with Crippen molar-refractivity contribution in [3.63, 3.8) is 0 Å². The van der Waals surface area contributed by atoms with E-state index in [1.165, 1.54) is 16.9 Å². The topological polar surface area (TPSA) is 118 Å². The van der Waals surface area contributed by atoms with Crippen molar-refractivity contribution in [3.05, 3.63) is 76.8 Å². The number of sulfonamides is 1. The smallest absolute Gasteiger partial charge is 0.333 e. The number of carbonyl (C=O) groups is 1. The molecule has 13 heteroatoms. The molecular weight excluding hydrogens is 578 g/mol. The molecule has 0 spiro atoms. The molecule has 0 atom stereocenters. The summed E-state index contributed by atoms with van der Waals surface area (Å²) in [6.07, 6.45) is 6.90. The fourth-order valence-electron chi connectivity index (χ4n) is 5.83. The van der Waals surface area contributed by atoms with Crippen LogP contribution in [0, 0.1) is 6.92 Å². The molecule has 2 aliphatic carbocycles. The van der Waals surface area contributed by atoms with E-state index in [0.717, 1.165) is 72.3 Å². The molecule has 226 valence electrons. The number of urea groups is 1. The Bertz CT molecular complexity index is 1760. The highest BCUT2D eigenvalue weighted by Gasteiger charge is 2.31. The molecule has 3 heterocycles. The summed E-state index contributed by atoms with van der Waals surface area (Å²) >= 11 is 0. The largest absolute Gasteiger partial charge is 0.444 e. The van der Waals surface area contributed by atoms with Crippen LogP contribution < -0.4 is 14.8 Å². The monoisotopic (exact) mass is 610 g/mol. The number of amides is 2.